The van der Waals surface area contributed by atoms with E-state index in [1.165, 1.54) is 6.07 Å². The minimum Gasteiger partial charge on any atom is -0.506 e. The Balaban J connectivity index is 3.00. The summed E-state index contributed by atoms with van der Waals surface area (Å²) in [5.41, 5.74) is -0.0467. The van der Waals surface area contributed by atoms with E-state index in [0.717, 1.165) is 12.1 Å². The fraction of sp³-hybridized carbons (Fsp3) is 0. The van der Waals surface area contributed by atoms with E-state index in [1.54, 1.807) is 0 Å². The molecule has 0 aliphatic heterocycles. The van der Waals surface area contributed by atoms with Crippen LogP contribution in [0.25, 0.3) is 10.9 Å². The molecule has 5 nitrogen and oxygen atoms in total. The van der Waals surface area contributed by atoms with E-state index < -0.39 is 15.0 Å². The van der Waals surface area contributed by atoms with Gasteiger partial charge in [0.15, 0.2) is 0 Å². The molecule has 1 heterocycles. The smallest absolute Gasteiger partial charge is 0.295 e. The number of rotatable bonds is 1. The van der Waals surface area contributed by atoms with E-state index in [-0.39, 0.29) is 26.8 Å². The van der Waals surface area contributed by atoms with Crippen LogP contribution in [0.2, 0.25) is 10.2 Å². The molecular weight excluding hydrogens is 289 g/mol. The largest absolute Gasteiger partial charge is 0.506 e. The van der Waals surface area contributed by atoms with Crippen molar-refractivity contribution in [2.45, 2.75) is 4.90 Å². The molecule has 1 aromatic heterocycles. The first-order chi connectivity index (χ1) is 7.80. The molecule has 0 aliphatic carbocycles. The first kappa shape index (κ1) is 12.4. The molecule has 2 aromatic rings. The van der Waals surface area contributed by atoms with Gasteiger partial charge in [0.2, 0.25) is 0 Å². The molecule has 2 rings (SSSR count). The highest BCUT2D eigenvalue weighted by atomic mass is 35.5. The number of hydrogen-bond acceptors (Lipinski definition) is 4. The number of aromatic hydroxyl groups is 1. The molecule has 0 saturated heterocycles. The number of nitrogens with zero attached hydrogens (tertiary/aromatic N) is 1. The van der Waals surface area contributed by atoms with Gasteiger partial charge >= 0.3 is 0 Å². The molecule has 1 aromatic carbocycles. The maximum Gasteiger partial charge on any atom is 0.295 e. The van der Waals surface area contributed by atoms with Crippen molar-refractivity contribution in [2.24, 2.45) is 0 Å². The van der Waals surface area contributed by atoms with Crippen molar-refractivity contribution in [1.29, 1.82) is 0 Å². The van der Waals surface area contributed by atoms with E-state index in [0.29, 0.717) is 0 Å². The van der Waals surface area contributed by atoms with Crippen LogP contribution in [-0.4, -0.2) is 23.1 Å². The lowest BCUT2D eigenvalue weighted by molar-refractivity contribution is 0.478. The first-order valence-electron chi connectivity index (χ1n) is 4.26. The molecule has 0 atom stereocenters. The highest BCUT2D eigenvalue weighted by Gasteiger charge is 2.18. The van der Waals surface area contributed by atoms with Crippen LogP contribution in [0.4, 0.5) is 0 Å². The van der Waals surface area contributed by atoms with Crippen molar-refractivity contribution in [3.63, 3.8) is 0 Å². The van der Waals surface area contributed by atoms with Crippen molar-refractivity contribution < 1.29 is 18.1 Å². The molecule has 0 radical (unpaired) electrons. The second-order valence-electron chi connectivity index (χ2n) is 3.22. The maximum atomic E-state index is 11.1. The summed E-state index contributed by atoms with van der Waals surface area (Å²) < 4.78 is 31.3. The number of fused-ring (bicyclic) bond motifs is 1. The van der Waals surface area contributed by atoms with Gasteiger partial charge in [0.1, 0.15) is 21.3 Å². The Morgan fingerprint density at radius 2 is 1.88 bits per heavy atom. The van der Waals surface area contributed by atoms with Gasteiger partial charge in [0.25, 0.3) is 10.1 Å². The zero-order valence-corrected chi connectivity index (χ0v) is 10.4. The topological polar surface area (TPSA) is 87.5 Å². The van der Waals surface area contributed by atoms with Crippen LogP contribution in [0.5, 0.6) is 5.75 Å². The second-order valence-corrected chi connectivity index (χ2v) is 5.37. The van der Waals surface area contributed by atoms with Crippen molar-refractivity contribution in [1.82, 2.24) is 4.98 Å². The lowest BCUT2D eigenvalue weighted by atomic mass is 10.2. The van der Waals surface area contributed by atoms with Crippen LogP contribution >= 0.6 is 23.2 Å². The predicted octanol–water partition coefficient (Wildman–Crippen LogP) is 2.49. The molecule has 2 N–H and O–H groups in total. The van der Waals surface area contributed by atoms with Crippen LogP contribution in [0.1, 0.15) is 0 Å². The zero-order valence-electron chi connectivity index (χ0n) is 8.05. The third-order valence-corrected chi connectivity index (χ3v) is 3.70. The number of halogens is 2. The molecule has 8 heteroatoms. The molecule has 0 unspecified atom stereocenters. The number of benzene rings is 1. The second kappa shape index (κ2) is 3.99. The van der Waals surface area contributed by atoms with Gasteiger partial charge in [-0.2, -0.15) is 8.42 Å². The molecular formula is C9H5Cl2NO4S. The van der Waals surface area contributed by atoms with Crippen LogP contribution in [0.3, 0.4) is 0 Å². The van der Waals surface area contributed by atoms with Crippen LogP contribution in [0, 0.1) is 0 Å². The Kier molecular flexibility index (Phi) is 2.90. The van der Waals surface area contributed by atoms with E-state index in [1.807, 2.05) is 0 Å². The normalized spacial score (nSPS) is 11.9. The predicted molar refractivity (Wildman–Crippen MR) is 63.2 cm³/mol. The Hall–Kier alpha value is -1.08. The SMILES string of the molecule is O=S(=O)(O)c1ccc(O)c2nc(Cl)c(Cl)cc12. The summed E-state index contributed by atoms with van der Waals surface area (Å²) in [5, 5.41) is 9.49. The van der Waals surface area contributed by atoms with Crippen LogP contribution in [0.15, 0.2) is 23.1 Å². The Morgan fingerprint density at radius 3 is 2.47 bits per heavy atom. The lowest BCUT2D eigenvalue weighted by Gasteiger charge is -2.06. The molecule has 0 saturated carbocycles. The number of aromatic nitrogens is 1. The third-order valence-electron chi connectivity index (χ3n) is 2.11. The van der Waals surface area contributed by atoms with E-state index in [2.05, 4.69) is 4.98 Å². The molecule has 0 fully saturated rings. The van der Waals surface area contributed by atoms with Gasteiger partial charge in [0.05, 0.1) is 5.02 Å². The molecule has 90 valence electrons. The average Bonchev–Trinajstić information content (AvgIpc) is 2.19. The fourth-order valence-corrected chi connectivity index (χ4v) is 2.36. The quantitative estimate of drug-likeness (QED) is 0.623. The van der Waals surface area contributed by atoms with Crippen molar-refractivity contribution in [3.8, 4) is 5.75 Å². The number of phenols is 1. The van der Waals surface area contributed by atoms with Crippen LogP contribution in [-0.2, 0) is 10.1 Å². The van der Waals surface area contributed by atoms with Crippen molar-refractivity contribution >= 4 is 44.2 Å². The lowest BCUT2D eigenvalue weighted by Crippen LogP contribution is -1.99. The van der Waals surface area contributed by atoms with Gasteiger partial charge in [-0.3, -0.25) is 4.55 Å². The highest BCUT2D eigenvalue weighted by Crippen LogP contribution is 2.33. The number of hydrogen-bond donors (Lipinski definition) is 2. The highest BCUT2D eigenvalue weighted by molar-refractivity contribution is 7.86. The fourth-order valence-electron chi connectivity index (χ4n) is 1.40. The summed E-state index contributed by atoms with van der Waals surface area (Å²) in [6, 6.07) is 3.37. The first-order valence-corrected chi connectivity index (χ1v) is 6.45. The summed E-state index contributed by atoms with van der Waals surface area (Å²) in [7, 11) is -4.43. The minimum absolute atomic E-state index is 0.00176. The van der Waals surface area contributed by atoms with Gasteiger partial charge in [-0.15, -0.1) is 0 Å². The van der Waals surface area contributed by atoms with Gasteiger partial charge in [-0.25, -0.2) is 4.98 Å². The maximum absolute atomic E-state index is 11.1. The summed E-state index contributed by atoms with van der Waals surface area (Å²) >= 11 is 11.4. The molecule has 0 aliphatic rings. The van der Waals surface area contributed by atoms with Gasteiger partial charge in [0, 0.05) is 5.39 Å². The summed E-state index contributed by atoms with van der Waals surface area (Å²) in [5.74, 6) is -0.258. The van der Waals surface area contributed by atoms with Crippen molar-refractivity contribution in [2.75, 3.05) is 0 Å². The third kappa shape index (κ3) is 2.16. The number of pyridine rings is 1. The standard InChI is InChI=1S/C9H5Cl2NO4S/c10-5-3-4-7(17(14,15)16)2-1-6(13)8(4)12-9(5)11/h1-3,13H,(H,14,15,16). The summed E-state index contributed by atoms with van der Waals surface area (Å²) in [6.07, 6.45) is 0. The Bertz CT molecular complexity index is 714. The molecule has 0 spiro atoms. The van der Waals surface area contributed by atoms with E-state index >= 15 is 0 Å². The molecule has 0 amide bonds. The van der Waals surface area contributed by atoms with E-state index in [9.17, 15) is 13.5 Å². The van der Waals surface area contributed by atoms with Gasteiger partial charge in [-0.05, 0) is 18.2 Å². The van der Waals surface area contributed by atoms with Crippen molar-refractivity contribution in [3.05, 3.63) is 28.4 Å². The Morgan fingerprint density at radius 1 is 1.24 bits per heavy atom. The van der Waals surface area contributed by atoms with Crippen LogP contribution < -0.4 is 0 Å². The molecule has 17 heavy (non-hydrogen) atoms. The average molecular weight is 294 g/mol. The van der Waals surface area contributed by atoms with E-state index in [4.69, 9.17) is 27.8 Å². The minimum atomic E-state index is -4.43. The Labute approximate surface area is 106 Å². The van der Waals surface area contributed by atoms with Gasteiger partial charge < -0.3 is 5.11 Å². The molecule has 0 bridgehead atoms. The van der Waals surface area contributed by atoms with Gasteiger partial charge in [-0.1, -0.05) is 23.2 Å². The summed E-state index contributed by atoms with van der Waals surface area (Å²) in [4.78, 5) is 3.36. The number of phenolic OH excluding ortho intramolecular Hbond substituents is 1. The monoisotopic (exact) mass is 293 g/mol. The summed E-state index contributed by atoms with van der Waals surface area (Å²) in [6.45, 7) is 0. The zero-order chi connectivity index (χ0) is 12.8.